The van der Waals surface area contributed by atoms with Crippen LogP contribution in [0.5, 0.6) is 11.5 Å². The van der Waals surface area contributed by atoms with Gasteiger partial charge in [0.25, 0.3) is 0 Å². The molecule has 0 radical (unpaired) electrons. The van der Waals surface area contributed by atoms with Crippen molar-refractivity contribution in [3.63, 3.8) is 0 Å². The SMILES string of the molecule is CNC(=O)Nc1cc(Cl)c(Oc2ccc(SC(F)(F)F)cc2C)c(Cl)c1. The number of carbonyl (C=O) groups excluding carboxylic acids is 1. The van der Waals surface area contributed by atoms with Crippen LogP contribution in [0.1, 0.15) is 5.56 Å². The monoisotopic (exact) mass is 424 g/mol. The molecule has 0 aliphatic heterocycles. The van der Waals surface area contributed by atoms with E-state index in [1.165, 1.54) is 37.4 Å². The lowest BCUT2D eigenvalue weighted by atomic mass is 10.2. The highest BCUT2D eigenvalue weighted by molar-refractivity contribution is 8.00. The molecule has 2 aromatic rings. The zero-order valence-electron chi connectivity index (χ0n) is 13.5. The number of aryl methyl sites for hydroxylation is 1. The van der Waals surface area contributed by atoms with E-state index in [0.717, 1.165) is 0 Å². The highest BCUT2D eigenvalue weighted by atomic mass is 35.5. The van der Waals surface area contributed by atoms with Crippen molar-refractivity contribution in [2.75, 3.05) is 12.4 Å². The largest absolute Gasteiger partial charge is 0.454 e. The summed E-state index contributed by atoms with van der Waals surface area (Å²) >= 11 is 12.1. The minimum absolute atomic E-state index is 0.0460. The van der Waals surface area contributed by atoms with Gasteiger partial charge in [-0.3, -0.25) is 0 Å². The second-order valence-corrected chi connectivity index (χ2v) is 7.00. The Balaban J connectivity index is 2.24. The predicted octanol–water partition coefficient (Wildman–Crippen LogP) is 6.46. The van der Waals surface area contributed by atoms with Gasteiger partial charge in [0, 0.05) is 17.6 Å². The molecule has 0 fully saturated rings. The van der Waals surface area contributed by atoms with Gasteiger partial charge in [-0.25, -0.2) is 4.79 Å². The van der Waals surface area contributed by atoms with Gasteiger partial charge >= 0.3 is 11.5 Å². The number of benzene rings is 2. The van der Waals surface area contributed by atoms with E-state index >= 15 is 0 Å². The molecular formula is C16H13Cl2F3N2O2S. The molecule has 0 aliphatic carbocycles. The molecule has 0 atom stereocenters. The van der Waals surface area contributed by atoms with E-state index in [2.05, 4.69) is 10.6 Å². The zero-order valence-corrected chi connectivity index (χ0v) is 15.8. The summed E-state index contributed by atoms with van der Waals surface area (Å²) < 4.78 is 43.0. The molecule has 0 saturated carbocycles. The number of carbonyl (C=O) groups is 1. The number of hydrogen-bond acceptors (Lipinski definition) is 3. The van der Waals surface area contributed by atoms with Crippen LogP contribution in [0.15, 0.2) is 35.2 Å². The molecule has 26 heavy (non-hydrogen) atoms. The van der Waals surface area contributed by atoms with E-state index in [-0.39, 0.29) is 32.5 Å². The molecule has 2 rings (SSSR count). The second-order valence-electron chi connectivity index (χ2n) is 5.05. The van der Waals surface area contributed by atoms with E-state index < -0.39 is 11.5 Å². The van der Waals surface area contributed by atoms with E-state index in [4.69, 9.17) is 27.9 Å². The maximum absolute atomic E-state index is 12.4. The van der Waals surface area contributed by atoms with Crippen molar-refractivity contribution in [2.24, 2.45) is 0 Å². The average molecular weight is 425 g/mol. The van der Waals surface area contributed by atoms with Gasteiger partial charge in [0.05, 0.1) is 10.0 Å². The average Bonchev–Trinajstić information content (AvgIpc) is 2.51. The van der Waals surface area contributed by atoms with Crippen molar-refractivity contribution in [3.05, 3.63) is 45.9 Å². The number of rotatable bonds is 4. The second kappa shape index (κ2) is 8.28. The third-order valence-electron chi connectivity index (χ3n) is 3.08. The van der Waals surface area contributed by atoms with E-state index in [9.17, 15) is 18.0 Å². The summed E-state index contributed by atoms with van der Waals surface area (Å²) in [7, 11) is 1.46. The molecular weight excluding hydrogens is 412 g/mol. The molecule has 0 bridgehead atoms. The number of amides is 2. The standard InChI is InChI=1S/C16H13Cl2F3N2O2S/c1-8-5-10(26-16(19,20)21)3-4-13(8)25-14-11(17)6-9(7-12(14)18)23-15(24)22-2/h3-7H,1-2H3,(H2,22,23,24). The maximum Gasteiger partial charge on any atom is 0.446 e. The van der Waals surface area contributed by atoms with Crippen LogP contribution in [0.2, 0.25) is 10.0 Å². The molecule has 4 nitrogen and oxygen atoms in total. The molecule has 0 heterocycles. The minimum Gasteiger partial charge on any atom is -0.454 e. The lowest BCUT2D eigenvalue weighted by Crippen LogP contribution is -2.24. The van der Waals surface area contributed by atoms with Crippen LogP contribution in [-0.2, 0) is 0 Å². The Morgan fingerprint density at radius 1 is 1.15 bits per heavy atom. The normalized spacial score (nSPS) is 11.2. The fourth-order valence-electron chi connectivity index (χ4n) is 1.97. The van der Waals surface area contributed by atoms with Crippen molar-refractivity contribution in [3.8, 4) is 11.5 Å². The van der Waals surface area contributed by atoms with Crippen LogP contribution < -0.4 is 15.4 Å². The number of alkyl halides is 3. The topological polar surface area (TPSA) is 50.4 Å². The number of halogens is 5. The van der Waals surface area contributed by atoms with Crippen molar-refractivity contribution < 1.29 is 22.7 Å². The summed E-state index contributed by atoms with van der Waals surface area (Å²) in [6.07, 6.45) is 0. The third-order valence-corrected chi connectivity index (χ3v) is 4.36. The molecule has 0 spiro atoms. The fourth-order valence-corrected chi connectivity index (χ4v) is 3.17. The Morgan fingerprint density at radius 3 is 2.27 bits per heavy atom. The summed E-state index contributed by atoms with van der Waals surface area (Å²) in [4.78, 5) is 11.4. The van der Waals surface area contributed by atoms with Gasteiger partial charge in [-0.1, -0.05) is 23.2 Å². The lowest BCUT2D eigenvalue weighted by Gasteiger charge is -2.14. The molecule has 2 N–H and O–H groups in total. The molecule has 10 heteroatoms. The van der Waals surface area contributed by atoms with Crippen LogP contribution in [0, 0.1) is 6.92 Å². The molecule has 2 amide bonds. The van der Waals surface area contributed by atoms with Crippen LogP contribution in [-0.4, -0.2) is 18.6 Å². The van der Waals surface area contributed by atoms with Gasteiger partial charge < -0.3 is 15.4 Å². The smallest absolute Gasteiger partial charge is 0.446 e. The number of nitrogens with one attached hydrogen (secondary N) is 2. The van der Waals surface area contributed by atoms with Crippen molar-refractivity contribution in [2.45, 2.75) is 17.3 Å². The molecule has 0 aliphatic rings. The van der Waals surface area contributed by atoms with Gasteiger partial charge in [-0.15, -0.1) is 0 Å². The van der Waals surface area contributed by atoms with Crippen LogP contribution in [0.4, 0.5) is 23.7 Å². The number of hydrogen-bond donors (Lipinski definition) is 2. The summed E-state index contributed by atoms with van der Waals surface area (Å²) in [5.74, 6) is 0.447. The van der Waals surface area contributed by atoms with Gasteiger partial charge in [0.1, 0.15) is 5.75 Å². The van der Waals surface area contributed by atoms with Gasteiger partial charge in [0.2, 0.25) is 0 Å². The molecule has 0 aromatic heterocycles. The number of anilines is 1. The van der Waals surface area contributed by atoms with Crippen LogP contribution in [0.25, 0.3) is 0 Å². The first-order valence-electron chi connectivity index (χ1n) is 7.11. The maximum atomic E-state index is 12.4. The fraction of sp³-hybridized carbons (Fsp3) is 0.188. The third kappa shape index (κ3) is 5.62. The summed E-state index contributed by atoms with van der Waals surface area (Å²) in [6.45, 7) is 1.61. The van der Waals surface area contributed by atoms with E-state index in [1.807, 2.05) is 0 Å². The quantitative estimate of drug-likeness (QED) is 0.553. The van der Waals surface area contributed by atoms with Crippen molar-refractivity contribution in [1.82, 2.24) is 5.32 Å². The minimum atomic E-state index is -4.37. The number of ether oxygens (including phenoxy) is 1. The molecule has 0 unspecified atom stereocenters. The van der Waals surface area contributed by atoms with Crippen LogP contribution >= 0.6 is 35.0 Å². The van der Waals surface area contributed by atoms with E-state index in [1.54, 1.807) is 6.92 Å². The molecule has 140 valence electrons. The first-order chi connectivity index (χ1) is 12.1. The summed E-state index contributed by atoms with van der Waals surface area (Å²) in [5, 5.41) is 5.18. The van der Waals surface area contributed by atoms with Crippen molar-refractivity contribution in [1.29, 1.82) is 0 Å². The number of urea groups is 1. The first-order valence-corrected chi connectivity index (χ1v) is 8.68. The molecule has 2 aromatic carbocycles. The lowest BCUT2D eigenvalue weighted by molar-refractivity contribution is -0.0328. The summed E-state index contributed by atoms with van der Waals surface area (Å²) in [6, 6.07) is 6.51. The van der Waals surface area contributed by atoms with E-state index in [0.29, 0.717) is 17.0 Å². The molecule has 0 saturated heterocycles. The van der Waals surface area contributed by atoms with Gasteiger partial charge in [0.15, 0.2) is 5.75 Å². The van der Waals surface area contributed by atoms with Crippen LogP contribution in [0.3, 0.4) is 0 Å². The highest BCUT2D eigenvalue weighted by Crippen LogP contribution is 2.42. The Morgan fingerprint density at radius 2 is 1.77 bits per heavy atom. The Bertz CT molecular complexity index is 809. The van der Waals surface area contributed by atoms with Crippen molar-refractivity contribution >= 4 is 46.7 Å². The Labute approximate surface area is 162 Å². The number of thioether (sulfide) groups is 1. The Hall–Kier alpha value is -1.77. The van der Waals surface area contributed by atoms with Gasteiger partial charge in [-0.2, -0.15) is 13.2 Å². The Kier molecular flexibility index (Phi) is 6.54. The summed E-state index contributed by atoms with van der Waals surface area (Å²) in [5.41, 5.74) is -3.52. The zero-order chi connectivity index (χ0) is 19.5. The highest BCUT2D eigenvalue weighted by Gasteiger charge is 2.29. The first kappa shape index (κ1) is 20.5. The van der Waals surface area contributed by atoms with Gasteiger partial charge in [-0.05, 0) is 54.6 Å². The predicted molar refractivity (Wildman–Crippen MR) is 97.7 cm³/mol.